The molecule has 10 heteroatoms. The van der Waals surface area contributed by atoms with Gasteiger partial charge in [0.15, 0.2) is 5.52 Å². The number of aryl methyl sites for hydroxylation is 1. The maximum absolute atomic E-state index is 13.6. The molecular formula is C22H16N4O5S. The summed E-state index contributed by atoms with van der Waals surface area (Å²) in [5.74, 6) is -0.962. The SMILES string of the molecule is O=C(O)CCc1cn(S(=O)(=O)c2cccc3nonc23)c2ccc(-c3cccnc3)cc12. The molecular weight excluding hydrogens is 432 g/mol. The van der Waals surface area contributed by atoms with Crippen LogP contribution in [-0.4, -0.2) is 38.8 Å². The topological polar surface area (TPSA) is 128 Å². The van der Waals surface area contributed by atoms with E-state index in [9.17, 15) is 13.2 Å². The van der Waals surface area contributed by atoms with Crippen molar-refractivity contribution in [1.29, 1.82) is 0 Å². The van der Waals surface area contributed by atoms with E-state index in [0.717, 1.165) is 15.1 Å². The first-order chi connectivity index (χ1) is 15.4. The van der Waals surface area contributed by atoms with Crippen LogP contribution in [0.4, 0.5) is 0 Å². The lowest BCUT2D eigenvalue weighted by Gasteiger charge is -2.08. The molecule has 0 spiro atoms. The number of rotatable bonds is 6. The molecule has 0 radical (unpaired) electrons. The molecule has 0 bridgehead atoms. The molecule has 0 saturated carbocycles. The normalized spacial score (nSPS) is 11.9. The summed E-state index contributed by atoms with van der Waals surface area (Å²) < 4.78 is 33.1. The minimum atomic E-state index is -4.06. The molecule has 1 N–H and O–H groups in total. The lowest BCUT2D eigenvalue weighted by atomic mass is 10.0. The van der Waals surface area contributed by atoms with Crippen molar-refractivity contribution < 1.29 is 22.9 Å². The van der Waals surface area contributed by atoms with Crippen LogP contribution in [0, 0.1) is 0 Å². The van der Waals surface area contributed by atoms with E-state index in [2.05, 4.69) is 15.3 Å². The zero-order chi connectivity index (χ0) is 22.3. The van der Waals surface area contributed by atoms with Gasteiger partial charge in [-0.2, -0.15) is 0 Å². The second-order valence-corrected chi connectivity index (χ2v) is 8.99. The molecule has 0 aliphatic heterocycles. The molecule has 0 saturated heterocycles. The first-order valence-electron chi connectivity index (χ1n) is 9.68. The van der Waals surface area contributed by atoms with Crippen LogP contribution >= 0.6 is 0 Å². The Labute approximate surface area is 181 Å². The number of carboxylic acids is 1. The minimum Gasteiger partial charge on any atom is -0.481 e. The number of fused-ring (bicyclic) bond motifs is 2. The van der Waals surface area contributed by atoms with E-state index in [4.69, 9.17) is 9.74 Å². The molecule has 9 nitrogen and oxygen atoms in total. The summed E-state index contributed by atoms with van der Waals surface area (Å²) >= 11 is 0. The van der Waals surface area contributed by atoms with Crippen LogP contribution < -0.4 is 0 Å². The van der Waals surface area contributed by atoms with E-state index in [-0.39, 0.29) is 23.3 Å². The molecule has 5 aromatic rings. The zero-order valence-electron chi connectivity index (χ0n) is 16.5. The number of hydrogen-bond acceptors (Lipinski definition) is 7. The monoisotopic (exact) mass is 448 g/mol. The number of aromatic nitrogens is 4. The highest BCUT2D eigenvalue weighted by atomic mass is 32.2. The Hall–Kier alpha value is -4.05. The third-order valence-corrected chi connectivity index (χ3v) is 6.95. The smallest absolute Gasteiger partial charge is 0.303 e. The quantitative estimate of drug-likeness (QED) is 0.418. The van der Waals surface area contributed by atoms with Gasteiger partial charge < -0.3 is 5.11 Å². The molecule has 160 valence electrons. The van der Waals surface area contributed by atoms with Crippen LogP contribution in [-0.2, 0) is 21.2 Å². The lowest BCUT2D eigenvalue weighted by Crippen LogP contribution is -2.12. The highest BCUT2D eigenvalue weighted by molar-refractivity contribution is 7.90. The summed E-state index contributed by atoms with van der Waals surface area (Å²) in [6.07, 6.45) is 4.91. The van der Waals surface area contributed by atoms with Gasteiger partial charge in [0.2, 0.25) is 0 Å². The summed E-state index contributed by atoms with van der Waals surface area (Å²) in [4.78, 5) is 15.3. The lowest BCUT2D eigenvalue weighted by molar-refractivity contribution is -0.136. The maximum Gasteiger partial charge on any atom is 0.303 e. The number of benzene rings is 2. The predicted octanol–water partition coefficient (Wildman–Crippen LogP) is 3.49. The average molecular weight is 448 g/mol. The first kappa shape index (κ1) is 19.9. The van der Waals surface area contributed by atoms with Crippen molar-refractivity contribution in [3.8, 4) is 11.1 Å². The summed E-state index contributed by atoms with van der Waals surface area (Å²) in [7, 11) is -4.06. The van der Waals surface area contributed by atoms with Crippen molar-refractivity contribution in [3.05, 3.63) is 72.7 Å². The Balaban J connectivity index is 1.72. The number of hydrogen-bond donors (Lipinski definition) is 1. The number of pyridine rings is 1. The minimum absolute atomic E-state index is 0.0470. The van der Waals surface area contributed by atoms with Crippen molar-refractivity contribution in [2.45, 2.75) is 17.7 Å². The average Bonchev–Trinajstić information content (AvgIpc) is 3.42. The van der Waals surface area contributed by atoms with E-state index in [0.29, 0.717) is 22.0 Å². The standard InChI is InChI=1S/C22H16N4O5S/c27-21(28)9-7-16-13-26(32(29,30)20-5-1-4-18-22(20)25-31-24-18)19-8-6-14(11-17(16)19)15-3-2-10-23-12-15/h1-6,8,10-13H,7,9H2,(H,27,28). The molecule has 0 amide bonds. The molecule has 5 rings (SSSR count). The molecule has 32 heavy (non-hydrogen) atoms. The van der Waals surface area contributed by atoms with Crippen LogP contribution in [0.3, 0.4) is 0 Å². The second-order valence-electron chi connectivity index (χ2n) is 7.21. The Morgan fingerprint density at radius 1 is 1.06 bits per heavy atom. The Morgan fingerprint density at radius 2 is 1.94 bits per heavy atom. The van der Waals surface area contributed by atoms with Crippen LogP contribution in [0.25, 0.3) is 33.1 Å². The van der Waals surface area contributed by atoms with Gasteiger partial charge >= 0.3 is 5.97 Å². The molecule has 2 aromatic carbocycles. The van der Waals surface area contributed by atoms with Gasteiger partial charge in [-0.15, -0.1) is 0 Å². The fraction of sp³-hybridized carbons (Fsp3) is 0.0909. The molecule has 0 atom stereocenters. The Morgan fingerprint density at radius 3 is 2.72 bits per heavy atom. The van der Waals surface area contributed by atoms with Gasteiger partial charge in [-0.05, 0) is 58.2 Å². The van der Waals surface area contributed by atoms with E-state index >= 15 is 0 Å². The third-order valence-electron chi connectivity index (χ3n) is 5.24. The summed E-state index contributed by atoms with van der Waals surface area (Å²) in [5, 5.41) is 17.3. The number of carbonyl (C=O) groups is 1. The number of carboxylic acid groups (broad SMARTS) is 1. The van der Waals surface area contributed by atoms with Crippen molar-refractivity contribution in [3.63, 3.8) is 0 Å². The van der Waals surface area contributed by atoms with Crippen LogP contribution in [0.5, 0.6) is 0 Å². The van der Waals surface area contributed by atoms with Crippen LogP contribution in [0.2, 0.25) is 0 Å². The van der Waals surface area contributed by atoms with Gasteiger partial charge in [-0.1, -0.05) is 18.2 Å². The highest BCUT2D eigenvalue weighted by Crippen LogP contribution is 2.32. The first-order valence-corrected chi connectivity index (χ1v) is 11.1. The molecule has 3 aromatic heterocycles. The van der Waals surface area contributed by atoms with Crippen molar-refractivity contribution in [1.82, 2.24) is 19.3 Å². The van der Waals surface area contributed by atoms with Crippen molar-refractivity contribution in [2.75, 3.05) is 0 Å². The van der Waals surface area contributed by atoms with Crippen molar-refractivity contribution >= 4 is 37.9 Å². The third kappa shape index (κ3) is 3.30. The molecule has 0 fully saturated rings. The Kier molecular flexibility index (Phi) is 4.71. The summed E-state index contributed by atoms with van der Waals surface area (Å²) in [5.41, 5.74) is 3.22. The van der Waals surface area contributed by atoms with Gasteiger partial charge in [-0.3, -0.25) is 9.78 Å². The van der Waals surface area contributed by atoms with Crippen molar-refractivity contribution in [2.24, 2.45) is 0 Å². The maximum atomic E-state index is 13.6. The van der Waals surface area contributed by atoms with Gasteiger partial charge in [0, 0.05) is 36.0 Å². The van der Waals surface area contributed by atoms with E-state index < -0.39 is 16.0 Å². The Bertz CT molecular complexity index is 1570. The van der Waals surface area contributed by atoms with E-state index in [1.807, 2.05) is 24.3 Å². The van der Waals surface area contributed by atoms with Gasteiger partial charge in [0.1, 0.15) is 10.4 Å². The second kappa shape index (κ2) is 7.57. The highest BCUT2D eigenvalue weighted by Gasteiger charge is 2.25. The van der Waals surface area contributed by atoms with Crippen LogP contribution in [0.1, 0.15) is 12.0 Å². The summed E-state index contributed by atoms with van der Waals surface area (Å²) in [6, 6.07) is 13.7. The van der Waals surface area contributed by atoms with Gasteiger partial charge in [0.05, 0.1) is 5.52 Å². The fourth-order valence-electron chi connectivity index (χ4n) is 3.71. The number of aliphatic carboxylic acids is 1. The van der Waals surface area contributed by atoms with E-state index in [1.54, 1.807) is 30.6 Å². The van der Waals surface area contributed by atoms with Gasteiger partial charge in [0.25, 0.3) is 10.0 Å². The van der Waals surface area contributed by atoms with Crippen LogP contribution in [0.15, 0.2) is 76.6 Å². The molecule has 0 unspecified atom stereocenters. The molecule has 0 aliphatic carbocycles. The fourth-order valence-corrected chi connectivity index (χ4v) is 5.25. The predicted molar refractivity (Wildman–Crippen MR) is 116 cm³/mol. The number of nitrogens with zero attached hydrogens (tertiary/aromatic N) is 4. The van der Waals surface area contributed by atoms with Gasteiger partial charge in [-0.25, -0.2) is 17.0 Å². The van der Waals surface area contributed by atoms with E-state index in [1.165, 1.54) is 12.3 Å². The molecule has 3 heterocycles. The largest absolute Gasteiger partial charge is 0.481 e. The zero-order valence-corrected chi connectivity index (χ0v) is 17.4. The summed E-state index contributed by atoms with van der Waals surface area (Å²) in [6.45, 7) is 0. The molecule has 0 aliphatic rings.